The van der Waals surface area contributed by atoms with Crippen molar-refractivity contribution in [1.29, 1.82) is 0 Å². The van der Waals surface area contributed by atoms with Crippen LogP contribution in [0.25, 0.3) is 10.6 Å². The van der Waals surface area contributed by atoms with E-state index in [2.05, 4.69) is 20.4 Å². The van der Waals surface area contributed by atoms with Gasteiger partial charge in [0.2, 0.25) is 5.91 Å². The lowest BCUT2D eigenvalue weighted by Crippen LogP contribution is -2.41. The van der Waals surface area contributed by atoms with E-state index in [1.165, 1.54) is 7.11 Å². The van der Waals surface area contributed by atoms with Crippen molar-refractivity contribution < 1.29 is 14.3 Å². The number of nitrogens with zero attached hydrogens (tertiary/aromatic N) is 3. The first-order chi connectivity index (χ1) is 14.6. The first kappa shape index (κ1) is 20.0. The molecule has 0 aliphatic carbocycles. The van der Waals surface area contributed by atoms with Crippen LogP contribution in [-0.4, -0.2) is 42.3 Å². The van der Waals surface area contributed by atoms with Gasteiger partial charge in [-0.15, -0.1) is 21.5 Å². The summed E-state index contributed by atoms with van der Waals surface area (Å²) in [6.07, 6.45) is 1.73. The number of benzene rings is 1. The first-order valence-corrected chi connectivity index (χ1v) is 10.6. The van der Waals surface area contributed by atoms with Crippen LogP contribution in [0.3, 0.4) is 0 Å². The van der Waals surface area contributed by atoms with Crippen molar-refractivity contribution in [3.8, 4) is 10.6 Å². The molecule has 1 saturated heterocycles. The van der Waals surface area contributed by atoms with Crippen LogP contribution in [0, 0.1) is 5.92 Å². The van der Waals surface area contributed by atoms with Crippen LogP contribution in [0.4, 0.5) is 11.5 Å². The summed E-state index contributed by atoms with van der Waals surface area (Å²) in [6.45, 7) is 1.45. The minimum Gasteiger partial charge on any atom is -0.465 e. The van der Waals surface area contributed by atoms with Crippen molar-refractivity contribution in [2.45, 2.75) is 12.8 Å². The van der Waals surface area contributed by atoms with Gasteiger partial charge < -0.3 is 15.0 Å². The number of aromatic nitrogens is 2. The van der Waals surface area contributed by atoms with E-state index in [1.807, 2.05) is 29.6 Å². The Kier molecular flexibility index (Phi) is 6.04. The van der Waals surface area contributed by atoms with Crippen LogP contribution >= 0.6 is 11.3 Å². The largest absolute Gasteiger partial charge is 0.465 e. The fraction of sp³-hybridized carbons (Fsp3) is 0.273. The molecule has 1 amide bonds. The van der Waals surface area contributed by atoms with Gasteiger partial charge >= 0.3 is 5.97 Å². The summed E-state index contributed by atoms with van der Waals surface area (Å²) in [4.78, 5) is 27.5. The maximum Gasteiger partial charge on any atom is 0.337 e. The Morgan fingerprint density at radius 1 is 1.13 bits per heavy atom. The summed E-state index contributed by atoms with van der Waals surface area (Å²) in [5, 5.41) is 13.7. The highest BCUT2D eigenvalue weighted by Crippen LogP contribution is 2.26. The highest BCUT2D eigenvalue weighted by atomic mass is 32.1. The summed E-state index contributed by atoms with van der Waals surface area (Å²) in [6, 6.07) is 14.6. The third kappa shape index (κ3) is 4.49. The second-order valence-electron chi connectivity index (χ2n) is 7.10. The third-order valence-corrected chi connectivity index (χ3v) is 6.01. The lowest BCUT2D eigenvalue weighted by Gasteiger charge is -2.32. The van der Waals surface area contributed by atoms with Gasteiger partial charge in [-0.05, 0) is 60.7 Å². The van der Waals surface area contributed by atoms with Gasteiger partial charge in [0.25, 0.3) is 0 Å². The SMILES string of the molecule is COC(=O)c1ccc(NC(=O)C2CCCN(c3ccc(-c4cccs4)nn3)C2)cc1. The number of hydrogen-bond acceptors (Lipinski definition) is 7. The molecule has 1 atom stereocenters. The molecule has 1 aliphatic heterocycles. The molecule has 1 N–H and O–H groups in total. The minimum atomic E-state index is -0.401. The highest BCUT2D eigenvalue weighted by Gasteiger charge is 2.27. The average molecular weight is 423 g/mol. The van der Waals surface area contributed by atoms with Crippen LogP contribution in [-0.2, 0) is 9.53 Å². The number of esters is 1. The van der Waals surface area contributed by atoms with Gasteiger partial charge in [-0.2, -0.15) is 0 Å². The van der Waals surface area contributed by atoms with Crippen molar-refractivity contribution in [2.24, 2.45) is 5.92 Å². The van der Waals surface area contributed by atoms with Crippen LogP contribution in [0.5, 0.6) is 0 Å². The Morgan fingerprint density at radius 3 is 2.63 bits per heavy atom. The lowest BCUT2D eigenvalue weighted by molar-refractivity contribution is -0.120. The van der Waals surface area contributed by atoms with Gasteiger partial charge in [0.1, 0.15) is 5.69 Å². The Labute approximate surface area is 178 Å². The average Bonchev–Trinajstić information content (AvgIpc) is 3.34. The number of anilines is 2. The molecule has 8 heteroatoms. The molecule has 2 aromatic heterocycles. The van der Waals surface area contributed by atoms with Gasteiger partial charge in [-0.1, -0.05) is 6.07 Å². The quantitative estimate of drug-likeness (QED) is 0.629. The number of amides is 1. The molecule has 4 rings (SSSR count). The number of rotatable bonds is 5. The smallest absolute Gasteiger partial charge is 0.337 e. The van der Waals surface area contributed by atoms with E-state index in [9.17, 15) is 9.59 Å². The van der Waals surface area contributed by atoms with E-state index in [0.29, 0.717) is 17.8 Å². The predicted molar refractivity (Wildman–Crippen MR) is 117 cm³/mol. The Morgan fingerprint density at radius 2 is 1.97 bits per heavy atom. The van der Waals surface area contributed by atoms with Gasteiger partial charge in [0, 0.05) is 18.8 Å². The number of hydrogen-bond donors (Lipinski definition) is 1. The molecule has 0 saturated carbocycles. The molecular formula is C22H22N4O3S. The predicted octanol–water partition coefficient (Wildman–Crippen LogP) is 3.85. The second kappa shape index (κ2) is 9.04. The van der Waals surface area contributed by atoms with Gasteiger partial charge in [0.05, 0.1) is 23.5 Å². The molecule has 3 aromatic rings. The molecule has 1 fully saturated rings. The lowest BCUT2D eigenvalue weighted by atomic mass is 9.97. The van der Waals surface area contributed by atoms with Crippen molar-refractivity contribution in [1.82, 2.24) is 10.2 Å². The zero-order chi connectivity index (χ0) is 20.9. The zero-order valence-corrected chi connectivity index (χ0v) is 17.4. The molecule has 30 heavy (non-hydrogen) atoms. The van der Waals surface area contributed by atoms with Crippen molar-refractivity contribution in [3.63, 3.8) is 0 Å². The fourth-order valence-corrected chi connectivity index (χ4v) is 4.19. The maximum atomic E-state index is 12.8. The van der Waals surface area contributed by atoms with Crippen LogP contribution in [0.2, 0.25) is 0 Å². The summed E-state index contributed by atoms with van der Waals surface area (Å²) in [5.74, 6) is 0.212. The van der Waals surface area contributed by atoms with Crippen LogP contribution in [0.1, 0.15) is 23.2 Å². The number of methoxy groups -OCH3 is 1. The van der Waals surface area contributed by atoms with E-state index in [1.54, 1.807) is 35.6 Å². The molecule has 154 valence electrons. The van der Waals surface area contributed by atoms with Gasteiger partial charge in [0.15, 0.2) is 5.82 Å². The minimum absolute atomic E-state index is 0.0336. The van der Waals surface area contributed by atoms with Crippen molar-refractivity contribution >= 4 is 34.7 Å². The van der Waals surface area contributed by atoms with E-state index in [-0.39, 0.29) is 11.8 Å². The number of ether oxygens (including phenoxy) is 1. The molecule has 1 unspecified atom stereocenters. The van der Waals surface area contributed by atoms with Gasteiger partial charge in [-0.3, -0.25) is 4.79 Å². The molecule has 1 aliphatic rings. The summed E-state index contributed by atoms with van der Waals surface area (Å²) < 4.78 is 4.69. The number of piperidine rings is 1. The maximum absolute atomic E-state index is 12.8. The molecular weight excluding hydrogens is 400 g/mol. The highest BCUT2D eigenvalue weighted by molar-refractivity contribution is 7.13. The monoisotopic (exact) mass is 422 g/mol. The van der Waals surface area contributed by atoms with E-state index >= 15 is 0 Å². The molecule has 1 aromatic carbocycles. The van der Waals surface area contributed by atoms with Crippen molar-refractivity contribution in [2.75, 3.05) is 30.4 Å². The fourth-order valence-electron chi connectivity index (χ4n) is 3.50. The first-order valence-electron chi connectivity index (χ1n) is 9.76. The number of carbonyl (C=O) groups excluding carboxylic acids is 2. The van der Waals surface area contributed by atoms with Crippen molar-refractivity contribution in [3.05, 3.63) is 59.5 Å². The number of carbonyl (C=O) groups is 2. The van der Waals surface area contributed by atoms with Gasteiger partial charge in [-0.25, -0.2) is 4.79 Å². The van der Waals surface area contributed by atoms with E-state index in [4.69, 9.17) is 4.74 Å². The molecule has 3 heterocycles. The number of thiophene rings is 1. The molecule has 0 bridgehead atoms. The topological polar surface area (TPSA) is 84.4 Å². The standard InChI is InChI=1S/C22H22N4O3S/c1-29-22(28)15-6-8-17(9-7-15)23-21(27)16-4-2-12-26(14-16)20-11-10-18(24-25-20)19-5-3-13-30-19/h3,5-11,13,16H,2,4,12,14H2,1H3,(H,23,27). The Bertz CT molecular complexity index is 1000. The second-order valence-corrected chi connectivity index (χ2v) is 8.05. The Balaban J connectivity index is 1.38. The van der Waals surface area contributed by atoms with Crippen LogP contribution < -0.4 is 10.2 Å². The molecule has 0 spiro atoms. The molecule has 0 radical (unpaired) electrons. The van der Waals surface area contributed by atoms with Crippen LogP contribution in [0.15, 0.2) is 53.9 Å². The van der Waals surface area contributed by atoms with E-state index in [0.717, 1.165) is 35.8 Å². The number of nitrogens with one attached hydrogen (secondary N) is 1. The summed E-state index contributed by atoms with van der Waals surface area (Å²) in [5.41, 5.74) is 1.96. The summed E-state index contributed by atoms with van der Waals surface area (Å²) >= 11 is 1.63. The molecule has 7 nitrogen and oxygen atoms in total. The van der Waals surface area contributed by atoms with E-state index < -0.39 is 5.97 Å². The summed E-state index contributed by atoms with van der Waals surface area (Å²) in [7, 11) is 1.34. The third-order valence-electron chi connectivity index (χ3n) is 5.11. The Hall–Kier alpha value is -3.26. The normalized spacial score (nSPS) is 16.2. The zero-order valence-electron chi connectivity index (χ0n) is 16.6.